The Morgan fingerprint density at radius 2 is 1.16 bits per heavy atom. The maximum atomic E-state index is 13.6. The summed E-state index contributed by atoms with van der Waals surface area (Å²) in [6, 6.07) is 0. The molecule has 1 amide bonds. The number of hydrogen-bond acceptors (Lipinski definition) is 9. The van der Waals surface area contributed by atoms with E-state index in [1.807, 2.05) is 19.9 Å². The van der Waals surface area contributed by atoms with Gasteiger partial charge in [-0.1, -0.05) is 168 Å². The molecule has 0 fully saturated rings. The summed E-state index contributed by atoms with van der Waals surface area (Å²) in [5.41, 5.74) is 0. The lowest BCUT2D eigenvalue weighted by molar-refractivity contribution is -0.163. The SMILES string of the molecule is CCCCCCCC/C=C\C(CCCCCC)C(=O)O[C@@H](COC(=O)CCCCCCC/C=C/CCCCCCCC)COP(=O)(OC)OCCNC(=O)C(C)CC. The maximum absolute atomic E-state index is 13.6. The third kappa shape index (κ3) is 33.8. The molecule has 4 atom stereocenters. The van der Waals surface area contributed by atoms with Crippen molar-refractivity contribution < 1.29 is 42.0 Å². The average molecular weight is 842 g/mol. The third-order valence-electron chi connectivity index (χ3n) is 10.5. The Labute approximate surface area is 355 Å². The van der Waals surface area contributed by atoms with Crippen LogP contribution in [-0.4, -0.2) is 57.4 Å². The van der Waals surface area contributed by atoms with Crippen LogP contribution in [0, 0.1) is 11.8 Å². The highest BCUT2D eigenvalue weighted by molar-refractivity contribution is 7.48. The first-order valence-electron chi connectivity index (χ1n) is 23.6. The summed E-state index contributed by atoms with van der Waals surface area (Å²) < 4.78 is 40.9. The molecular formula is C47H88NO9P. The standard InChI is InChI=1S/C47H88NO9P/c1-7-11-14-17-19-21-22-23-24-25-26-27-29-31-34-37-45(49)54-40-44(41-56-58(52,53-6)55-39-38-48-46(50)42(5)10-4)57-47(51)43(35-32-16-13-9-3)36-33-30-28-20-18-15-12-8-2/h23-24,33,36,42-44H,7-22,25-32,34-35,37-41H2,1-6H3,(H,48,50)/b24-23+,36-33-/t42?,43?,44-,58?/m0/s1. The second-order valence-corrected chi connectivity index (χ2v) is 17.7. The van der Waals surface area contributed by atoms with Gasteiger partial charge in [0.25, 0.3) is 0 Å². The summed E-state index contributed by atoms with van der Waals surface area (Å²) in [6.07, 6.45) is 36.7. The second-order valence-electron chi connectivity index (χ2n) is 15.9. The van der Waals surface area contributed by atoms with E-state index in [1.165, 1.54) is 84.2 Å². The first-order chi connectivity index (χ1) is 28.2. The van der Waals surface area contributed by atoms with Crippen molar-refractivity contribution in [3.05, 3.63) is 24.3 Å². The van der Waals surface area contributed by atoms with E-state index in [2.05, 4.69) is 44.3 Å². The fourth-order valence-electron chi connectivity index (χ4n) is 6.36. The highest BCUT2D eigenvalue weighted by Crippen LogP contribution is 2.48. The van der Waals surface area contributed by atoms with Gasteiger partial charge in [-0.15, -0.1) is 0 Å². The quantitative estimate of drug-likeness (QED) is 0.0276. The van der Waals surface area contributed by atoms with Crippen molar-refractivity contribution in [3.8, 4) is 0 Å². The molecule has 0 aromatic rings. The first kappa shape index (κ1) is 56.0. The highest BCUT2D eigenvalue weighted by atomic mass is 31.2. The van der Waals surface area contributed by atoms with Crippen molar-refractivity contribution in [3.63, 3.8) is 0 Å². The van der Waals surface area contributed by atoms with Gasteiger partial charge in [-0.25, -0.2) is 4.57 Å². The summed E-state index contributed by atoms with van der Waals surface area (Å²) in [4.78, 5) is 38.5. The van der Waals surface area contributed by atoms with Gasteiger partial charge in [-0.3, -0.25) is 28.0 Å². The smallest absolute Gasteiger partial charge is 0.462 e. The number of unbranched alkanes of at least 4 members (excludes halogenated alkanes) is 20. The zero-order valence-electron chi connectivity index (χ0n) is 38.1. The Bertz CT molecular complexity index is 1100. The second kappa shape index (κ2) is 40.4. The molecule has 0 bridgehead atoms. The van der Waals surface area contributed by atoms with Gasteiger partial charge in [0.1, 0.15) is 6.61 Å². The minimum atomic E-state index is -4.07. The zero-order chi connectivity index (χ0) is 43.0. The Balaban J connectivity index is 5.19. The van der Waals surface area contributed by atoms with E-state index in [1.54, 1.807) is 0 Å². The van der Waals surface area contributed by atoms with Crippen molar-refractivity contribution in [1.82, 2.24) is 5.32 Å². The number of rotatable bonds is 42. The van der Waals surface area contributed by atoms with Crippen LogP contribution in [0.5, 0.6) is 0 Å². The van der Waals surface area contributed by atoms with Crippen LogP contribution in [0.4, 0.5) is 0 Å². The molecule has 0 rings (SSSR count). The van der Waals surface area contributed by atoms with Gasteiger partial charge in [-0.2, -0.15) is 0 Å². The zero-order valence-corrected chi connectivity index (χ0v) is 39.0. The van der Waals surface area contributed by atoms with Crippen LogP contribution in [0.3, 0.4) is 0 Å². The van der Waals surface area contributed by atoms with E-state index >= 15 is 0 Å². The normalized spacial score (nSPS) is 14.4. The fourth-order valence-corrected chi connectivity index (χ4v) is 7.31. The molecule has 340 valence electrons. The Kier molecular flexibility index (Phi) is 39.0. The lowest BCUT2D eigenvalue weighted by Gasteiger charge is -2.23. The predicted octanol–water partition coefficient (Wildman–Crippen LogP) is 13.3. The number of nitrogens with one attached hydrogen (secondary N) is 1. The molecule has 0 aromatic heterocycles. The summed E-state index contributed by atoms with van der Waals surface area (Å²) in [5, 5.41) is 2.74. The van der Waals surface area contributed by atoms with Crippen molar-refractivity contribution in [1.29, 1.82) is 0 Å². The fraction of sp³-hybridized carbons (Fsp3) is 0.851. The topological polar surface area (TPSA) is 126 Å². The van der Waals surface area contributed by atoms with Gasteiger partial charge >= 0.3 is 19.8 Å². The Morgan fingerprint density at radius 3 is 1.71 bits per heavy atom. The minimum absolute atomic E-state index is 0.105. The van der Waals surface area contributed by atoms with Crippen LogP contribution in [0.2, 0.25) is 0 Å². The van der Waals surface area contributed by atoms with Crippen LogP contribution in [0.15, 0.2) is 24.3 Å². The molecule has 0 aromatic carbocycles. The number of esters is 2. The number of hydrogen-bond donors (Lipinski definition) is 1. The van der Waals surface area contributed by atoms with Gasteiger partial charge < -0.3 is 14.8 Å². The molecule has 0 aliphatic heterocycles. The van der Waals surface area contributed by atoms with Gasteiger partial charge in [0.15, 0.2) is 6.10 Å². The third-order valence-corrected chi connectivity index (χ3v) is 11.9. The lowest BCUT2D eigenvalue weighted by atomic mass is 9.99. The van der Waals surface area contributed by atoms with Gasteiger partial charge in [0.05, 0.1) is 19.1 Å². The number of phosphoric ester groups is 1. The van der Waals surface area contributed by atoms with Crippen molar-refractivity contribution in [2.45, 2.75) is 214 Å². The van der Waals surface area contributed by atoms with Crippen molar-refractivity contribution in [2.75, 3.05) is 33.5 Å². The average Bonchev–Trinajstić information content (AvgIpc) is 3.23. The molecule has 3 unspecified atom stereocenters. The molecule has 0 aliphatic carbocycles. The van der Waals surface area contributed by atoms with E-state index in [0.29, 0.717) is 12.8 Å². The molecule has 0 spiro atoms. The van der Waals surface area contributed by atoms with Crippen LogP contribution in [0.25, 0.3) is 0 Å². The predicted molar refractivity (Wildman–Crippen MR) is 239 cm³/mol. The Morgan fingerprint density at radius 1 is 0.638 bits per heavy atom. The summed E-state index contributed by atoms with van der Waals surface area (Å²) in [7, 11) is -2.87. The molecule has 10 nitrogen and oxygen atoms in total. The number of allylic oxidation sites excluding steroid dienone is 3. The van der Waals surface area contributed by atoms with E-state index in [9.17, 15) is 18.9 Å². The van der Waals surface area contributed by atoms with Crippen LogP contribution >= 0.6 is 7.82 Å². The molecule has 11 heteroatoms. The summed E-state index contributed by atoms with van der Waals surface area (Å²) in [5.74, 6) is -1.54. The first-order valence-corrected chi connectivity index (χ1v) is 25.0. The minimum Gasteiger partial charge on any atom is -0.462 e. The molecule has 0 heterocycles. The number of phosphoric acid groups is 1. The summed E-state index contributed by atoms with van der Waals surface area (Å²) in [6.45, 7) is 9.79. The van der Waals surface area contributed by atoms with E-state index in [-0.39, 0.29) is 50.6 Å². The van der Waals surface area contributed by atoms with E-state index < -0.39 is 25.8 Å². The van der Waals surface area contributed by atoms with Crippen LogP contribution in [-0.2, 0) is 42.0 Å². The molecule has 0 saturated heterocycles. The van der Waals surface area contributed by atoms with Crippen molar-refractivity contribution >= 4 is 25.7 Å². The molecule has 0 saturated carbocycles. The van der Waals surface area contributed by atoms with E-state index in [0.717, 1.165) is 77.0 Å². The van der Waals surface area contributed by atoms with Crippen LogP contribution < -0.4 is 5.32 Å². The number of carbonyl (C=O) groups is 3. The number of carbonyl (C=O) groups excluding carboxylic acids is 3. The van der Waals surface area contributed by atoms with E-state index in [4.69, 9.17) is 23.0 Å². The largest absolute Gasteiger partial charge is 0.474 e. The maximum Gasteiger partial charge on any atom is 0.474 e. The monoisotopic (exact) mass is 842 g/mol. The summed E-state index contributed by atoms with van der Waals surface area (Å²) >= 11 is 0. The molecule has 0 radical (unpaired) electrons. The molecular weight excluding hydrogens is 753 g/mol. The van der Waals surface area contributed by atoms with Gasteiger partial charge in [0, 0.05) is 26.0 Å². The van der Waals surface area contributed by atoms with Crippen LogP contribution in [0.1, 0.15) is 208 Å². The van der Waals surface area contributed by atoms with Crippen molar-refractivity contribution in [2.24, 2.45) is 11.8 Å². The molecule has 58 heavy (non-hydrogen) atoms. The molecule has 0 aliphatic rings. The highest BCUT2D eigenvalue weighted by Gasteiger charge is 2.30. The number of ether oxygens (including phenoxy) is 2. The van der Waals surface area contributed by atoms with Gasteiger partial charge in [0.2, 0.25) is 5.91 Å². The Hall–Kier alpha value is -2.00. The number of amides is 1. The lowest BCUT2D eigenvalue weighted by Crippen LogP contribution is -2.32. The van der Waals surface area contributed by atoms with Gasteiger partial charge in [-0.05, 0) is 57.8 Å². The molecule has 1 N–H and O–H groups in total.